The van der Waals surface area contributed by atoms with E-state index >= 15 is 0 Å². The predicted molar refractivity (Wildman–Crippen MR) is 122 cm³/mol. The number of fused-ring (bicyclic) bond motifs is 1. The number of piperidine rings is 1. The lowest BCUT2D eigenvalue weighted by atomic mass is 9.94. The molecule has 3 saturated heterocycles. The third kappa shape index (κ3) is 6.16. The Hall–Kier alpha value is -2.36. The third-order valence-electron chi connectivity index (χ3n) is 6.69. The molecule has 9 nitrogen and oxygen atoms in total. The number of ether oxygens (including phenoxy) is 3. The third-order valence-corrected chi connectivity index (χ3v) is 6.69. The van der Waals surface area contributed by atoms with Crippen LogP contribution in [0.25, 0.3) is 0 Å². The molecule has 3 heterocycles. The summed E-state index contributed by atoms with van der Waals surface area (Å²) in [6, 6.07) is 6.58. The number of β-amino-alcohol motifs (C(OH)–C–C–N with tert-alkyl or cyclic N) is 1. The highest BCUT2D eigenvalue weighted by molar-refractivity contribution is 5.89. The van der Waals surface area contributed by atoms with Crippen molar-refractivity contribution in [2.24, 2.45) is 0 Å². The van der Waals surface area contributed by atoms with Gasteiger partial charge in [-0.2, -0.15) is 0 Å². The van der Waals surface area contributed by atoms with E-state index in [-0.39, 0.29) is 49.9 Å². The molecule has 3 fully saturated rings. The second-order valence-electron chi connectivity index (χ2n) is 9.09. The first-order valence-electron chi connectivity index (χ1n) is 11.9. The molecule has 0 unspecified atom stereocenters. The van der Waals surface area contributed by atoms with Crippen molar-refractivity contribution in [3.8, 4) is 5.75 Å². The molecular formula is C24H35N3O6. The summed E-state index contributed by atoms with van der Waals surface area (Å²) < 4.78 is 17.1. The summed E-state index contributed by atoms with van der Waals surface area (Å²) in [5.74, 6) is 0.854. The first-order chi connectivity index (χ1) is 16.0. The second kappa shape index (κ2) is 11.2. The zero-order valence-electron chi connectivity index (χ0n) is 19.3. The van der Waals surface area contributed by atoms with Crippen LogP contribution in [0.1, 0.15) is 38.5 Å². The maximum absolute atomic E-state index is 13.2. The largest absolute Gasteiger partial charge is 0.497 e. The minimum atomic E-state index is -0.772. The van der Waals surface area contributed by atoms with Gasteiger partial charge in [0.2, 0.25) is 5.91 Å². The van der Waals surface area contributed by atoms with Crippen molar-refractivity contribution in [3.05, 3.63) is 24.3 Å². The van der Waals surface area contributed by atoms with Crippen LogP contribution in [0.4, 0.5) is 10.5 Å². The van der Waals surface area contributed by atoms with Crippen molar-refractivity contribution in [2.75, 3.05) is 45.3 Å². The Bertz CT molecular complexity index is 798. The fourth-order valence-electron chi connectivity index (χ4n) is 4.91. The molecule has 33 heavy (non-hydrogen) atoms. The van der Waals surface area contributed by atoms with Gasteiger partial charge >= 0.3 is 6.03 Å². The fourth-order valence-corrected chi connectivity index (χ4v) is 4.91. The molecule has 1 aromatic rings. The number of hydrogen-bond acceptors (Lipinski definition) is 6. The molecule has 0 bridgehead atoms. The van der Waals surface area contributed by atoms with Crippen molar-refractivity contribution >= 4 is 17.6 Å². The summed E-state index contributed by atoms with van der Waals surface area (Å²) in [5, 5.41) is 13.2. The summed E-state index contributed by atoms with van der Waals surface area (Å²) in [4.78, 5) is 29.5. The van der Waals surface area contributed by atoms with Gasteiger partial charge in [0.05, 0.1) is 51.5 Å². The Morgan fingerprint density at radius 1 is 1.12 bits per heavy atom. The van der Waals surface area contributed by atoms with Gasteiger partial charge in [-0.1, -0.05) is 0 Å². The number of aliphatic hydroxyl groups is 1. The molecule has 0 aliphatic carbocycles. The Morgan fingerprint density at radius 3 is 2.61 bits per heavy atom. The molecule has 9 heteroatoms. The van der Waals surface area contributed by atoms with Crippen molar-refractivity contribution in [1.29, 1.82) is 0 Å². The highest BCUT2D eigenvalue weighted by Gasteiger charge is 2.40. The molecule has 0 radical (unpaired) electrons. The number of amides is 3. The van der Waals surface area contributed by atoms with Gasteiger partial charge in [-0.25, -0.2) is 4.79 Å². The van der Waals surface area contributed by atoms with Gasteiger partial charge in [-0.3, -0.25) is 4.79 Å². The van der Waals surface area contributed by atoms with E-state index in [4.69, 9.17) is 14.2 Å². The summed E-state index contributed by atoms with van der Waals surface area (Å²) >= 11 is 0. The number of carbonyl (C=O) groups excluding carboxylic acids is 2. The number of hydrogen-bond donors (Lipinski definition) is 2. The molecule has 3 aliphatic rings. The maximum atomic E-state index is 13.2. The van der Waals surface area contributed by atoms with E-state index in [9.17, 15) is 14.7 Å². The summed E-state index contributed by atoms with van der Waals surface area (Å²) in [6.45, 7) is 2.23. The highest BCUT2D eigenvalue weighted by Crippen LogP contribution is 2.29. The first-order valence-corrected chi connectivity index (χ1v) is 11.9. The van der Waals surface area contributed by atoms with Crippen LogP contribution in [0.5, 0.6) is 5.75 Å². The summed E-state index contributed by atoms with van der Waals surface area (Å²) in [7, 11) is 1.59. The lowest BCUT2D eigenvalue weighted by Crippen LogP contribution is -2.58. The van der Waals surface area contributed by atoms with Crippen LogP contribution in [-0.2, 0) is 14.3 Å². The van der Waals surface area contributed by atoms with Crippen LogP contribution >= 0.6 is 0 Å². The van der Waals surface area contributed by atoms with Crippen LogP contribution in [-0.4, -0.2) is 91.2 Å². The highest BCUT2D eigenvalue weighted by atomic mass is 16.5. The van der Waals surface area contributed by atoms with E-state index < -0.39 is 6.10 Å². The Labute approximate surface area is 195 Å². The number of nitrogens with one attached hydrogen (secondary N) is 1. The number of benzene rings is 1. The monoisotopic (exact) mass is 461 g/mol. The van der Waals surface area contributed by atoms with E-state index in [1.807, 2.05) is 4.90 Å². The zero-order valence-corrected chi connectivity index (χ0v) is 19.3. The number of carbonyl (C=O) groups is 2. The Kier molecular flexibility index (Phi) is 8.06. The number of urea groups is 1. The standard InChI is InChI=1S/C24H35N3O6/c1-31-19-7-5-17(6-8-19)25-24(30)27-14-18(28)15-32-16-22-21(27)10-9-20(33-22)13-23(29)26-11-3-2-4-12-26/h5-8,18,20-22,28H,2-4,9-16H2,1H3,(H,25,30)/t18-,20-,21+,22-/m0/s1. The topological polar surface area (TPSA) is 101 Å². The SMILES string of the molecule is COc1ccc(NC(=O)N2C[C@H](O)COC[C@@H]3O[C@H](CC(=O)N4CCCCC4)CC[C@H]32)cc1. The minimum Gasteiger partial charge on any atom is -0.497 e. The molecule has 1 aromatic carbocycles. The lowest BCUT2D eigenvalue weighted by Gasteiger charge is -2.44. The first kappa shape index (κ1) is 23.8. The van der Waals surface area contributed by atoms with Crippen LogP contribution in [0.2, 0.25) is 0 Å². The molecule has 2 N–H and O–H groups in total. The van der Waals surface area contributed by atoms with Crippen LogP contribution in [0.3, 0.4) is 0 Å². The van der Waals surface area contributed by atoms with Crippen molar-refractivity contribution in [3.63, 3.8) is 0 Å². The van der Waals surface area contributed by atoms with Gasteiger partial charge in [0.25, 0.3) is 0 Å². The van der Waals surface area contributed by atoms with Gasteiger partial charge in [0.15, 0.2) is 0 Å². The molecule has 0 aromatic heterocycles. The van der Waals surface area contributed by atoms with Gasteiger partial charge in [0, 0.05) is 18.8 Å². The fraction of sp³-hybridized carbons (Fsp3) is 0.667. The van der Waals surface area contributed by atoms with E-state index in [2.05, 4.69) is 5.32 Å². The molecule has 4 atom stereocenters. The summed E-state index contributed by atoms with van der Waals surface area (Å²) in [5.41, 5.74) is 0.645. The smallest absolute Gasteiger partial charge is 0.322 e. The normalized spacial score (nSPS) is 28.3. The number of nitrogens with zero attached hydrogens (tertiary/aromatic N) is 2. The predicted octanol–water partition coefficient (Wildman–Crippen LogP) is 2.24. The minimum absolute atomic E-state index is 0.135. The molecule has 0 saturated carbocycles. The van der Waals surface area contributed by atoms with Crippen molar-refractivity contribution in [1.82, 2.24) is 9.80 Å². The van der Waals surface area contributed by atoms with Gasteiger partial charge < -0.3 is 34.4 Å². The molecule has 0 spiro atoms. The van der Waals surface area contributed by atoms with E-state index in [1.54, 1.807) is 36.3 Å². The van der Waals surface area contributed by atoms with Crippen molar-refractivity contribution in [2.45, 2.75) is 62.9 Å². The Morgan fingerprint density at radius 2 is 1.88 bits per heavy atom. The van der Waals surface area contributed by atoms with E-state index in [0.29, 0.717) is 30.7 Å². The lowest BCUT2D eigenvalue weighted by molar-refractivity contribution is -0.154. The maximum Gasteiger partial charge on any atom is 0.322 e. The van der Waals surface area contributed by atoms with Crippen LogP contribution in [0.15, 0.2) is 24.3 Å². The van der Waals surface area contributed by atoms with Gasteiger partial charge in [-0.05, 0) is 56.4 Å². The van der Waals surface area contributed by atoms with Crippen molar-refractivity contribution < 1.29 is 28.9 Å². The number of methoxy groups -OCH3 is 1. The molecule has 3 amide bonds. The van der Waals surface area contributed by atoms with E-state index in [1.165, 1.54) is 6.42 Å². The average Bonchev–Trinajstić information content (AvgIpc) is 2.83. The second-order valence-corrected chi connectivity index (χ2v) is 9.09. The van der Waals surface area contributed by atoms with Gasteiger partial charge in [0.1, 0.15) is 11.9 Å². The average molecular weight is 462 g/mol. The number of aliphatic hydroxyl groups excluding tert-OH is 1. The number of likely N-dealkylation sites (tertiary alicyclic amines) is 1. The Balaban J connectivity index is 1.40. The quantitative estimate of drug-likeness (QED) is 0.713. The van der Waals surface area contributed by atoms with E-state index in [0.717, 1.165) is 25.9 Å². The summed E-state index contributed by atoms with van der Waals surface area (Å²) in [6.07, 6.45) is 3.76. The number of rotatable bonds is 4. The number of anilines is 1. The molecule has 4 rings (SSSR count). The van der Waals surface area contributed by atoms with Gasteiger partial charge in [-0.15, -0.1) is 0 Å². The zero-order chi connectivity index (χ0) is 23.2. The molecular weight excluding hydrogens is 426 g/mol. The van der Waals surface area contributed by atoms with Crippen LogP contribution < -0.4 is 10.1 Å². The molecule has 3 aliphatic heterocycles. The van der Waals surface area contributed by atoms with Crippen LogP contribution in [0, 0.1) is 0 Å². The molecule has 182 valence electrons.